The lowest BCUT2D eigenvalue weighted by molar-refractivity contribution is -0.148. The first-order valence-corrected chi connectivity index (χ1v) is 6.74. The van der Waals surface area contributed by atoms with Gasteiger partial charge in [-0.15, -0.1) is 5.92 Å². The third-order valence-corrected chi connectivity index (χ3v) is 3.44. The molecule has 0 spiro atoms. The number of hydrogen-bond acceptors (Lipinski definition) is 2. The van der Waals surface area contributed by atoms with Crippen LogP contribution < -0.4 is 5.32 Å². The van der Waals surface area contributed by atoms with Crippen LogP contribution in [0.4, 0.5) is 0 Å². The fraction of sp³-hybridized carbons (Fsp3) is 0.375. The average molecular weight is 270 g/mol. The maximum Gasteiger partial charge on any atom is 0.251 e. The molecule has 4 heteroatoms. The van der Waals surface area contributed by atoms with Crippen LogP contribution >= 0.6 is 0 Å². The molecule has 0 radical (unpaired) electrons. The second-order valence-electron chi connectivity index (χ2n) is 4.67. The molecular formula is C16H18N2O2. The first-order valence-electron chi connectivity index (χ1n) is 6.74. The summed E-state index contributed by atoms with van der Waals surface area (Å²) in [6, 6.07) is 8.26. The SMILES string of the molecule is CC#CCN1C(=O)C(c2ccccc2)NC(=O)C1CC. The molecule has 104 valence electrons. The van der Waals surface area contributed by atoms with Crippen molar-refractivity contribution in [3.05, 3.63) is 35.9 Å². The quantitative estimate of drug-likeness (QED) is 0.846. The first kappa shape index (κ1) is 14.1. The van der Waals surface area contributed by atoms with Gasteiger partial charge in [0.2, 0.25) is 5.91 Å². The summed E-state index contributed by atoms with van der Waals surface area (Å²) in [5, 5.41) is 2.81. The van der Waals surface area contributed by atoms with Crippen LogP contribution in [0.3, 0.4) is 0 Å². The maximum absolute atomic E-state index is 12.6. The number of carbonyl (C=O) groups is 2. The van der Waals surface area contributed by atoms with Crippen LogP contribution in [0, 0.1) is 11.8 Å². The zero-order valence-electron chi connectivity index (χ0n) is 11.7. The zero-order valence-corrected chi connectivity index (χ0v) is 11.7. The van der Waals surface area contributed by atoms with E-state index in [1.807, 2.05) is 37.3 Å². The van der Waals surface area contributed by atoms with E-state index in [2.05, 4.69) is 17.2 Å². The van der Waals surface area contributed by atoms with Crippen LogP contribution in [0.1, 0.15) is 31.9 Å². The predicted molar refractivity (Wildman–Crippen MR) is 76.6 cm³/mol. The van der Waals surface area contributed by atoms with Crippen molar-refractivity contribution in [3.8, 4) is 11.8 Å². The predicted octanol–water partition coefficient (Wildman–Crippen LogP) is 1.49. The molecule has 2 rings (SSSR count). The fourth-order valence-electron chi connectivity index (χ4n) is 2.39. The van der Waals surface area contributed by atoms with Gasteiger partial charge in [-0.25, -0.2) is 0 Å². The monoisotopic (exact) mass is 270 g/mol. The second-order valence-corrected chi connectivity index (χ2v) is 4.67. The zero-order chi connectivity index (χ0) is 14.5. The molecule has 1 aromatic rings. The minimum atomic E-state index is -0.606. The lowest BCUT2D eigenvalue weighted by Crippen LogP contribution is -2.59. The van der Waals surface area contributed by atoms with Crippen molar-refractivity contribution in [2.24, 2.45) is 0 Å². The molecule has 2 amide bonds. The molecule has 2 unspecified atom stereocenters. The van der Waals surface area contributed by atoms with Crippen molar-refractivity contribution in [1.82, 2.24) is 10.2 Å². The highest BCUT2D eigenvalue weighted by molar-refractivity contribution is 5.97. The molecule has 0 saturated carbocycles. The molecule has 1 fully saturated rings. The van der Waals surface area contributed by atoms with E-state index in [-0.39, 0.29) is 11.8 Å². The summed E-state index contributed by atoms with van der Waals surface area (Å²) < 4.78 is 0. The van der Waals surface area contributed by atoms with Crippen molar-refractivity contribution in [2.75, 3.05) is 6.54 Å². The molecule has 0 bridgehead atoms. The summed E-state index contributed by atoms with van der Waals surface area (Å²) in [6.45, 7) is 3.92. The fourth-order valence-corrected chi connectivity index (χ4v) is 2.39. The van der Waals surface area contributed by atoms with Crippen LogP contribution in [0.5, 0.6) is 0 Å². The third-order valence-electron chi connectivity index (χ3n) is 3.44. The Hall–Kier alpha value is -2.28. The van der Waals surface area contributed by atoms with Crippen LogP contribution in [0.15, 0.2) is 30.3 Å². The molecule has 1 N–H and O–H groups in total. The summed E-state index contributed by atoms with van der Waals surface area (Å²) >= 11 is 0. The summed E-state index contributed by atoms with van der Waals surface area (Å²) in [7, 11) is 0. The van der Waals surface area contributed by atoms with Crippen LogP contribution in [0.25, 0.3) is 0 Å². The average Bonchev–Trinajstić information content (AvgIpc) is 2.48. The van der Waals surface area contributed by atoms with E-state index >= 15 is 0 Å². The number of amides is 2. The number of piperazine rings is 1. The molecule has 0 aliphatic carbocycles. The number of nitrogens with zero attached hydrogens (tertiary/aromatic N) is 1. The molecule has 4 nitrogen and oxygen atoms in total. The van der Waals surface area contributed by atoms with Gasteiger partial charge in [0, 0.05) is 0 Å². The lowest BCUT2D eigenvalue weighted by atomic mass is 9.99. The number of benzene rings is 1. The van der Waals surface area contributed by atoms with E-state index in [4.69, 9.17) is 0 Å². The third kappa shape index (κ3) is 2.67. The Morgan fingerprint density at radius 3 is 2.55 bits per heavy atom. The first-order chi connectivity index (χ1) is 9.69. The number of hydrogen-bond donors (Lipinski definition) is 1. The van der Waals surface area contributed by atoms with Gasteiger partial charge in [0.05, 0.1) is 6.54 Å². The minimum Gasteiger partial charge on any atom is -0.339 e. The highest BCUT2D eigenvalue weighted by atomic mass is 16.2. The molecule has 1 aromatic carbocycles. The van der Waals surface area contributed by atoms with Crippen molar-refractivity contribution >= 4 is 11.8 Å². The molecule has 1 aliphatic heterocycles. The second kappa shape index (κ2) is 6.25. The Bertz CT molecular complexity index is 557. The van der Waals surface area contributed by atoms with Gasteiger partial charge in [0.1, 0.15) is 12.1 Å². The molecule has 20 heavy (non-hydrogen) atoms. The Morgan fingerprint density at radius 1 is 1.25 bits per heavy atom. The Kier molecular flexibility index (Phi) is 4.41. The summed E-state index contributed by atoms with van der Waals surface area (Å²) in [4.78, 5) is 26.3. The van der Waals surface area contributed by atoms with E-state index in [1.54, 1.807) is 11.8 Å². The van der Waals surface area contributed by atoms with Crippen molar-refractivity contribution in [1.29, 1.82) is 0 Å². The highest BCUT2D eigenvalue weighted by Crippen LogP contribution is 2.23. The molecule has 1 saturated heterocycles. The largest absolute Gasteiger partial charge is 0.339 e. The lowest BCUT2D eigenvalue weighted by Gasteiger charge is -2.37. The van der Waals surface area contributed by atoms with Gasteiger partial charge in [-0.05, 0) is 18.9 Å². The van der Waals surface area contributed by atoms with Crippen LogP contribution in [0.2, 0.25) is 0 Å². The Balaban J connectivity index is 2.30. The van der Waals surface area contributed by atoms with Gasteiger partial charge >= 0.3 is 0 Å². The van der Waals surface area contributed by atoms with Gasteiger partial charge < -0.3 is 10.2 Å². The van der Waals surface area contributed by atoms with Crippen molar-refractivity contribution < 1.29 is 9.59 Å². The molecular weight excluding hydrogens is 252 g/mol. The summed E-state index contributed by atoms with van der Waals surface area (Å²) in [6.07, 6.45) is 0.588. The van der Waals surface area contributed by atoms with Gasteiger partial charge in [-0.1, -0.05) is 43.2 Å². The Morgan fingerprint density at radius 2 is 1.95 bits per heavy atom. The van der Waals surface area contributed by atoms with Gasteiger partial charge in [0.25, 0.3) is 5.91 Å². The van der Waals surface area contributed by atoms with Gasteiger partial charge in [-0.2, -0.15) is 0 Å². The molecule has 2 atom stereocenters. The standard InChI is InChI=1S/C16H18N2O2/c1-3-5-11-18-13(4-2)15(19)17-14(16(18)20)12-9-7-6-8-10-12/h6-10,13-14H,4,11H2,1-2H3,(H,17,19). The summed E-state index contributed by atoms with van der Waals surface area (Å²) in [5.74, 6) is 5.45. The molecule has 1 heterocycles. The van der Waals surface area contributed by atoms with Crippen molar-refractivity contribution in [2.45, 2.75) is 32.4 Å². The van der Waals surface area contributed by atoms with Crippen molar-refractivity contribution in [3.63, 3.8) is 0 Å². The maximum atomic E-state index is 12.6. The molecule has 1 aliphatic rings. The number of carbonyl (C=O) groups excluding carboxylic acids is 2. The smallest absolute Gasteiger partial charge is 0.251 e. The van der Waals surface area contributed by atoms with E-state index in [9.17, 15) is 9.59 Å². The minimum absolute atomic E-state index is 0.0922. The van der Waals surface area contributed by atoms with Gasteiger partial charge in [0.15, 0.2) is 0 Å². The van der Waals surface area contributed by atoms with E-state index in [1.165, 1.54) is 0 Å². The van der Waals surface area contributed by atoms with Crippen LogP contribution in [-0.2, 0) is 9.59 Å². The highest BCUT2D eigenvalue weighted by Gasteiger charge is 2.39. The topological polar surface area (TPSA) is 49.4 Å². The van der Waals surface area contributed by atoms with E-state index < -0.39 is 12.1 Å². The summed E-state index contributed by atoms with van der Waals surface area (Å²) in [5.41, 5.74) is 0.801. The Labute approximate surface area is 119 Å². The van der Waals surface area contributed by atoms with E-state index in [0.717, 1.165) is 5.56 Å². The van der Waals surface area contributed by atoms with Crippen LogP contribution in [-0.4, -0.2) is 29.3 Å². The van der Waals surface area contributed by atoms with E-state index in [0.29, 0.717) is 13.0 Å². The number of rotatable bonds is 3. The normalized spacial score (nSPS) is 22.0. The van der Waals surface area contributed by atoms with Gasteiger partial charge in [-0.3, -0.25) is 9.59 Å². The number of nitrogens with one attached hydrogen (secondary N) is 1. The molecule has 0 aromatic heterocycles.